The van der Waals surface area contributed by atoms with Crippen molar-refractivity contribution in [2.75, 3.05) is 0 Å². The predicted octanol–water partition coefficient (Wildman–Crippen LogP) is 0.256. The first-order valence-corrected chi connectivity index (χ1v) is 4.50. The summed E-state index contributed by atoms with van der Waals surface area (Å²) in [5.74, 6) is -1.01. The molecular formula is C10H8N2O4. The van der Waals surface area contributed by atoms with Crippen LogP contribution < -0.4 is 5.56 Å². The first kappa shape index (κ1) is 10.2. The smallest absolute Gasteiger partial charge is 0.311 e. The highest BCUT2D eigenvalue weighted by molar-refractivity contribution is 5.79. The van der Waals surface area contributed by atoms with Crippen LogP contribution >= 0.6 is 0 Å². The zero-order valence-corrected chi connectivity index (χ0v) is 8.10. The summed E-state index contributed by atoms with van der Waals surface area (Å²) in [5.41, 5.74) is -0.102. The van der Waals surface area contributed by atoms with Crippen LogP contribution in [0.4, 0.5) is 0 Å². The van der Waals surface area contributed by atoms with Crippen molar-refractivity contribution >= 4 is 16.9 Å². The number of rotatable bonds is 2. The monoisotopic (exact) mass is 220 g/mol. The summed E-state index contributed by atoms with van der Waals surface area (Å²) in [6.07, 6.45) is -0.341. The second kappa shape index (κ2) is 3.65. The predicted molar refractivity (Wildman–Crippen MR) is 55.4 cm³/mol. The number of fused-ring (bicyclic) bond motifs is 1. The van der Waals surface area contributed by atoms with E-state index in [1.54, 1.807) is 0 Å². The van der Waals surface area contributed by atoms with Crippen LogP contribution in [0, 0.1) is 0 Å². The van der Waals surface area contributed by atoms with Crippen molar-refractivity contribution in [3.8, 4) is 5.75 Å². The summed E-state index contributed by atoms with van der Waals surface area (Å²) < 4.78 is 0. The molecular weight excluding hydrogens is 212 g/mol. The molecule has 0 saturated heterocycles. The summed E-state index contributed by atoms with van der Waals surface area (Å²) in [6, 6.07) is 4.14. The molecule has 3 N–H and O–H groups in total. The van der Waals surface area contributed by atoms with Gasteiger partial charge in [-0.25, -0.2) is 4.98 Å². The van der Waals surface area contributed by atoms with Crippen molar-refractivity contribution < 1.29 is 15.0 Å². The number of hydrogen-bond donors (Lipinski definition) is 3. The van der Waals surface area contributed by atoms with Gasteiger partial charge in [-0.3, -0.25) is 9.59 Å². The lowest BCUT2D eigenvalue weighted by molar-refractivity contribution is -0.136. The molecule has 2 aromatic rings. The number of aromatic hydroxyl groups is 1. The van der Waals surface area contributed by atoms with Crippen molar-refractivity contribution in [2.45, 2.75) is 6.42 Å². The van der Waals surface area contributed by atoms with E-state index in [2.05, 4.69) is 9.97 Å². The molecule has 0 saturated carbocycles. The molecule has 2 rings (SSSR count). The minimum absolute atomic E-state index is 0.0363. The van der Waals surface area contributed by atoms with E-state index in [1.165, 1.54) is 18.2 Å². The van der Waals surface area contributed by atoms with Crippen LogP contribution in [0.15, 0.2) is 23.0 Å². The van der Waals surface area contributed by atoms with E-state index in [9.17, 15) is 14.7 Å². The second-order valence-corrected chi connectivity index (χ2v) is 3.28. The number of H-pyrrole nitrogens is 1. The minimum atomic E-state index is -1.07. The summed E-state index contributed by atoms with van der Waals surface area (Å²) in [4.78, 5) is 28.3. The van der Waals surface area contributed by atoms with Gasteiger partial charge in [0.2, 0.25) is 0 Å². The number of carboxylic acids is 1. The van der Waals surface area contributed by atoms with Gasteiger partial charge in [0.25, 0.3) is 5.56 Å². The number of phenols is 1. The Morgan fingerprint density at radius 3 is 2.88 bits per heavy atom. The van der Waals surface area contributed by atoms with Crippen LogP contribution in [0.2, 0.25) is 0 Å². The molecule has 6 nitrogen and oxygen atoms in total. The maximum Gasteiger partial charge on any atom is 0.311 e. The number of aromatic amines is 1. The molecule has 6 heteroatoms. The van der Waals surface area contributed by atoms with E-state index in [0.717, 1.165) is 0 Å². The van der Waals surface area contributed by atoms with Gasteiger partial charge in [0, 0.05) is 0 Å². The van der Waals surface area contributed by atoms with Gasteiger partial charge in [0.05, 0.1) is 10.9 Å². The zero-order chi connectivity index (χ0) is 11.7. The third-order valence-corrected chi connectivity index (χ3v) is 2.06. The van der Waals surface area contributed by atoms with Crippen LogP contribution in [0.5, 0.6) is 5.75 Å². The SMILES string of the molecule is O=C(O)Cc1nc2ccc(O)cc2c(=O)[nH]1. The third kappa shape index (κ3) is 1.85. The fourth-order valence-electron chi connectivity index (χ4n) is 1.40. The number of hydrogen-bond acceptors (Lipinski definition) is 4. The summed E-state index contributed by atoms with van der Waals surface area (Å²) in [7, 11) is 0. The van der Waals surface area contributed by atoms with Gasteiger partial charge in [0.1, 0.15) is 18.0 Å². The number of carboxylic acid groups (broad SMARTS) is 1. The quantitative estimate of drug-likeness (QED) is 0.673. The average molecular weight is 220 g/mol. The maximum atomic E-state index is 11.5. The van der Waals surface area contributed by atoms with Crippen LogP contribution in [0.3, 0.4) is 0 Å². The zero-order valence-electron chi connectivity index (χ0n) is 8.10. The van der Waals surface area contributed by atoms with Crippen LogP contribution in [0.25, 0.3) is 10.9 Å². The number of carbonyl (C=O) groups is 1. The molecule has 0 bridgehead atoms. The number of nitrogens with one attached hydrogen (secondary N) is 1. The Kier molecular flexibility index (Phi) is 2.32. The topological polar surface area (TPSA) is 103 Å². The molecule has 1 heterocycles. The first-order valence-electron chi connectivity index (χ1n) is 4.50. The molecule has 0 aliphatic carbocycles. The maximum absolute atomic E-state index is 11.5. The molecule has 82 valence electrons. The molecule has 16 heavy (non-hydrogen) atoms. The Labute approximate surface area is 89.2 Å². The van der Waals surface area contributed by atoms with Gasteiger partial charge in [-0.1, -0.05) is 0 Å². The van der Waals surface area contributed by atoms with Crippen LogP contribution in [0.1, 0.15) is 5.82 Å². The number of nitrogens with zero attached hydrogens (tertiary/aromatic N) is 1. The van der Waals surface area contributed by atoms with Crippen molar-refractivity contribution in [2.24, 2.45) is 0 Å². The molecule has 0 aliphatic rings. The van der Waals surface area contributed by atoms with Crippen molar-refractivity contribution in [3.05, 3.63) is 34.4 Å². The van der Waals surface area contributed by atoms with Gasteiger partial charge in [0.15, 0.2) is 0 Å². The molecule has 0 aliphatic heterocycles. The first-order chi connectivity index (χ1) is 7.56. The Morgan fingerprint density at radius 1 is 1.44 bits per heavy atom. The van der Waals surface area contributed by atoms with Gasteiger partial charge in [-0.2, -0.15) is 0 Å². The number of phenolic OH excluding ortho intramolecular Hbond substituents is 1. The largest absolute Gasteiger partial charge is 0.508 e. The van der Waals surface area contributed by atoms with E-state index in [-0.39, 0.29) is 23.4 Å². The van der Waals surface area contributed by atoms with E-state index in [0.29, 0.717) is 5.52 Å². The summed E-state index contributed by atoms with van der Waals surface area (Å²) in [5, 5.41) is 18.0. The molecule has 0 fully saturated rings. The standard InChI is InChI=1S/C10H8N2O4/c13-5-1-2-7-6(3-5)10(16)12-8(11-7)4-9(14)15/h1-3,13H,4H2,(H,14,15)(H,11,12,16). The Morgan fingerprint density at radius 2 is 2.19 bits per heavy atom. The fraction of sp³-hybridized carbons (Fsp3) is 0.100. The summed E-state index contributed by atoms with van der Waals surface area (Å²) in [6.45, 7) is 0. The lowest BCUT2D eigenvalue weighted by atomic mass is 10.2. The molecule has 1 aromatic carbocycles. The van der Waals surface area contributed by atoms with Crippen molar-refractivity contribution in [1.82, 2.24) is 9.97 Å². The van der Waals surface area contributed by atoms with Gasteiger partial charge < -0.3 is 15.2 Å². The van der Waals surface area contributed by atoms with Crippen LogP contribution in [-0.4, -0.2) is 26.2 Å². The van der Waals surface area contributed by atoms with Crippen LogP contribution in [-0.2, 0) is 11.2 Å². The van der Waals surface area contributed by atoms with E-state index < -0.39 is 11.5 Å². The second-order valence-electron chi connectivity index (χ2n) is 3.28. The van der Waals surface area contributed by atoms with Gasteiger partial charge in [-0.15, -0.1) is 0 Å². The lowest BCUT2D eigenvalue weighted by Gasteiger charge is -2.00. The van der Waals surface area contributed by atoms with Crippen molar-refractivity contribution in [1.29, 1.82) is 0 Å². The molecule has 0 atom stereocenters. The number of benzene rings is 1. The Hall–Kier alpha value is -2.37. The number of aliphatic carboxylic acids is 1. The van der Waals surface area contributed by atoms with E-state index in [1.807, 2.05) is 0 Å². The van der Waals surface area contributed by atoms with Gasteiger partial charge >= 0.3 is 5.97 Å². The van der Waals surface area contributed by atoms with E-state index in [4.69, 9.17) is 5.11 Å². The normalized spacial score (nSPS) is 10.5. The lowest BCUT2D eigenvalue weighted by Crippen LogP contribution is -2.14. The third-order valence-electron chi connectivity index (χ3n) is 2.06. The van der Waals surface area contributed by atoms with E-state index >= 15 is 0 Å². The highest BCUT2D eigenvalue weighted by atomic mass is 16.4. The molecule has 0 unspecified atom stereocenters. The highest BCUT2D eigenvalue weighted by Gasteiger charge is 2.07. The molecule has 0 spiro atoms. The summed E-state index contributed by atoms with van der Waals surface area (Å²) >= 11 is 0. The molecule has 0 amide bonds. The van der Waals surface area contributed by atoms with Crippen molar-refractivity contribution in [3.63, 3.8) is 0 Å². The fourth-order valence-corrected chi connectivity index (χ4v) is 1.40. The Balaban J connectivity index is 2.64. The van der Waals surface area contributed by atoms with Gasteiger partial charge in [-0.05, 0) is 18.2 Å². The molecule has 0 radical (unpaired) electrons. The average Bonchev–Trinajstić information content (AvgIpc) is 2.18. The molecule has 1 aromatic heterocycles. The Bertz CT molecular complexity index is 618. The number of aromatic nitrogens is 2. The minimum Gasteiger partial charge on any atom is -0.508 e. The highest BCUT2D eigenvalue weighted by Crippen LogP contribution is 2.14.